The molecule has 2 aliphatic rings. The number of aryl methyl sites for hydroxylation is 1. The van der Waals surface area contributed by atoms with Gasteiger partial charge >= 0.3 is 0 Å². The van der Waals surface area contributed by atoms with E-state index in [0.29, 0.717) is 0 Å². The highest BCUT2D eigenvalue weighted by molar-refractivity contribution is 5.87. The summed E-state index contributed by atoms with van der Waals surface area (Å²) < 4.78 is 2.37. The zero-order chi connectivity index (χ0) is 22.4. The molecule has 0 amide bonds. The Hall–Kier alpha value is -4.04. The SMILES string of the molecule is C=C1/C=c2\c(n(-c3ccccc3)c3ccccc23)=C/N(c2cccc(C)c2)C2=C1CCC=C2. The molecule has 0 saturated carbocycles. The van der Waals surface area contributed by atoms with Gasteiger partial charge in [-0.05, 0) is 79.0 Å². The van der Waals surface area contributed by atoms with Crippen LogP contribution in [-0.2, 0) is 0 Å². The lowest BCUT2D eigenvalue weighted by molar-refractivity contribution is 0.943. The number of hydrogen-bond donors (Lipinski definition) is 0. The lowest BCUT2D eigenvalue weighted by atomic mass is 9.93. The van der Waals surface area contributed by atoms with Gasteiger partial charge in [0.15, 0.2) is 0 Å². The van der Waals surface area contributed by atoms with Crippen LogP contribution in [0.2, 0.25) is 0 Å². The summed E-state index contributed by atoms with van der Waals surface area (Å²) in [5.41, 5.74) is 8.40. The van der Waals surface area contributed by atoms with Crippen molar-refractivity contribution in [3.05, 3.63) is 131 Å². The quantitative estimate of drug-likeness (QED) is 0.374. The number of rotatable bonds is 2. The maximum absolute atomic E-state index is 4.54. The van der Waals surface area contributed by atoms with E-state index >= 15 is 0 Å². The molecule has 2 heteroatoms. The zero-order valence-corrected chi connectivity index (χ0v) is 18.8. The molecule has 0 N–H and O–H groups in total. The Kier molecular flexibility index (Phi) is 4.66. The number of benzene rings is 3. The van der Waals surface area contributed by atoms with Gasteiger partial charge in [0, 0.05) is 33.9 Å². The molecule has 0 unspecified atom stereocenters. The summed E-state index contributed by atoms with van der Waals surface area (Å²) >= 11 is 0. The van der Waals surface area contributed by atoms with Crippen LogP contribution in [0.4, 0.5) is 5.69 Å². The Bertz CT molecular complexity index is 1580. The molecule has 6 rings (SSSR count). The van der Waals surface area contributed by atoms with E-state index in [4.69, 9.17) is 0 Å². The second kappa shape index (κ2) is 7.83. The first-order valence-corrected chi connectivity index (χ1v) is 11.5. The Morgan fingerprint density at radius 1 is 0.848 bits per heavy atom. The van der Waals surface area contributed by atoms with Crippen molar-refractivity contribution < 1.29 is 0 Å². The van der Waals surface area contributed by atoms with Gasteiger partial charge in [-0.15, -0.1) is 0 Å². The Labute approximate surface area is 194 Å². The van der Waals surface area contributed by atoms with Crippen molar-refractivity contribution in [3.63, 3.8) is 0 Å². The van der Waals surface area contributed by atoms with Crippen molar-refractivity contribution >= 4 is 28.9 Å². The summed E-state index contributed by atoms with van der Waals surface area (Å²) in [6, 6.07) is 28.0. The molecule has 4 aromatic rings. The van der Waals surface area contributed by atoms with E-state index in [-0.39, 0.29) is 0 Å². The molecule has 3 aromatic carbocycles. The normalized spacial score (nSPS) is 17.5. The van der Waals surface area contributed by atoms with Crippen LogP contribution in [0.1, 0.15) is 18.4 Å². The molecule has 2 nitrogen and oxygen atoms in total. The topological polar surface area (TPSA) is 8.17 Å². The zero-order valence-electron chi connectivity index (χ0n) is 18.8. The average molecular weight is 427 g/mol. The van der Waals surface area contributed by atoms with Crippen LogP contribution in [0.5, 0.6) is 0 Å². The first-order valence-electron chi connectivity index (χ1n) is 11.5. The molecule has 0 spiro atoms. The minimum absolute atomic E-state index is 1.00. The van der Waals surface area contributed by atoms with Crippen molar-refractivity contribution in [2.75, 3.05) is 4.90 Å². The molecule has 0 fully saturated rings. The first-order chi connectivity index (χ1) is 16.2. The molecule has 2 heterocycles. The van der Waals surface area contributed by atoms with Crippen LogP contribution in [0.25, 0.3) is 28.9 Å². The van der Waals surface area contributed by atoms with E-state index in [1.54, 1.807) is 0 Å². The first kappa shape index (κ1) is 19.6. The second-order valence-corrected chi connectivity index (χ2v) is 8.80. The number of para-hydroxylation sites is 2. The molecule has 0 saturated heterocycles. The molecule has 33 heavy (non-hydrogen) atoms. The van der Waals surface area contributed by atoms with E-state index < -0.39 is 0 Å². The number of allylic oxidation sites excluding steroid dienone is 4. The molecule has 160 valence electrons. The Balaban J connectivity index is 1.78. The van der Waals surface area contributed by atoms with Gasteiger partial charge in [0.25, 0.3) is 0 Å². The van der Waals surface area contributed by atoms with Crippen molar-refractivity contribution in [1.29, 1.82) is 0 Å². The van der Waals surface area contributed by atoms with E-state index in [2.05, 4.69) is 126 Å². The summed E-state index contributed by atoms with van der Waals surface area (Å²) in [6.45, 7) is 6.69. The summed E-state index contributed by atoms with van der Waals surface area (Å²) in [5, 5.41) is 3.63. The molecular formula is C31H26N2. The van der Waals surface area contributed by atoms with Gasteiger partial charge in [-0.1, -0.05) is 61.2 Å². The summed E-state index contributed by atoms with van der Waals surface area (Å²) in [7, 11) is 0. The number of aromatic nitrogens is 1. The van der Waals surface area contributed by atoms with E-state index in [1.807, 2.05) is 0 Å². The Morgan fingerprint density at radius 3 is 2.48 bits per heavy atom. The lowest BCUT2D eigenvalue weighted by Crippen LogP contribution is -2.34. The predicted octanol–water partition coefficient (Wildman–Crippen LogP) is 6.14. The molecule has 0 bridgehead atoms. The highest BCUT2D eigenvalue weighted by atomic mass is 15.1. The van der Waals surface area contributed by atoms with Crippen LogP contribution < -0.4 is 15.5 Å². The smallest absolute Gasteiger partial charge is 0.0707 e. The third kappa shape index (κ3) is 3.27. The van der Waals surface area contributed by atoms with Gasteiger partial charge in [-0.2, -0.15) is 0 Å². The molecule has 0 atom stereocenters. The fourth-order valence-corrected chi connectivity index (χ4v) is 5.07. The summed E-state index contributed by atoms with van der Waals surface area (Å²) in [6.07, 6.45) is 11.2. The summed E-state index contributed by atoms with van der Waals surface area (Å²) in [5.74, 6) is 0. The lowest BCUT2D eigenvalue weighted by Gasteiger charge is -2.28. The van der Waals surface area contributed by atoms with Crippen molar-refractivity contribution in [2.24, 2.45) is 0 Å². The van der Waals surface area contributed by atoms with Crippen LogP contribution in [-0.4, -0.2) is 4.57 Å². The minimum Gasteiger partial charge on any atom is -0.315 e. The van der Waals surface area contributed by atoms with Gasteiger partial charge in [0.05, 0.1) is 10.9 Å². The predicted molar refractivity (Wildman–Crippen MR) is 140 cm³/mol. The summed E-state index contributed by atoms with van der Waals surface area (Å²) in [4.78, 5) is 2.35. The second-order valence-electron chi connectivity index (χ2n) is 8.80. The highest BCUT2D eigenvalue weighted by Gasteiger charge is 2.21. The third-order valence-electron chi connectivity index (χ3n) is 6.61. The maximum atomic E-state index is 4.54. The van der Waals surface area contributed by atoms with Crippen molar-refractivity contribution in [1.82, 2.24) is 4.57 Å². The van der Waals surface area contributed by atoms with Gasteiger partial charge in [0.2, 0.25) is 0 Å². The van der Waals surface area contributed by atoms with E-state index in [0.717, 1.165) is 29.5 Å². The fourth-order valence-electron chi connectivity index (χ4n) is 5.07. The van der Waals surface area contributed by atoms with Crippen LogP contribution in [0, 0.1) is 6.92 Å². The molecule has 1 aliphatic carbocycles. The molecule has 1 aliphatic heterocycles. The monoisotopic (exact) mass is 426 g/mol. The molecular weight excluding hydrogens is 400 g/mol. The number of anilines is 1. The number of fused-ring (bicyclic) bond motifs is 3. The number of nitrogens with zero attached hydrogens (tertiary/aromatic N) is 2. The minimum atomic E-state index is 1.00. The third-order valence-corrected chi connectivity index (χ3v) is 6.61. The van der Waals surface area contributed by atoms with E-state index in [1.165, 1.54) is 38.6 Å². The van der Waals surface area contributed by atoms with E-state index in [9.17, 15) is 0 Å². The fraction of sp³-hybridized carbons (Fsp3) is 0.0968. The van der Waals surface area contributed by atoms with Gasteiger partial charge in [-0.3, -0.25) is 0 Å². The average Bonchev–Trinajstić information content (AvgIpc) is 3.14. The van der Waals surface area contributed by atoms with Gasteiger partial charge < -0.3 is 9.47 Å². The standard InChI is InChI=1S/C31H26N2/c1-22-11-10-14-25(19-22)32-21-31-28(20-23(2)26-15-6-8-17-29(26)32)27-16-7-9-18-30(27)33(31)24-12-4-3-5-13-24/h3-5,7-14,16-21H,2,6,15H2,1H3/b28-20-,31-21+. The number of hydrogen-bond acceptors (Lipinski definition) is 1. The maximum Gasteiger partial charge on any atom is 0.0707 e. The largest absolute Gasteiger partial charge is 0.315 e. The molecule has 0 radical (unpaired) electrons. The van der Waals surface area contributed by atoms with Gasteiger partial charge in [-0.25, -0.2) is 0 Å². The van der Waals surface area contributed by atoms with Crippen LogP contribution in [0.15, 0.2) is 114 Å². The Morgan fingerprint density at radius 2 is 1.64 bits per heavy atom. The highest BCUT2D eigenvalue weighted by Crippen LogP contribution is 2.33. The van der Waals surface area contributed by atoms with Gasteiger partial charge in [0.1, 0.15) is 0 Å². The van der Waals surface area contributed by atoms with Crippen LogP contribution >= 0.6 is 0 Å². The van der Waals surface area contributed by atoms with Crippen LogP contribution in [0.3, 0.4) is 0 Å². The van der Waals surface area contributed by atoms with Crippen molar-refractivity contribution in [2.45, 2.75) is 19.8 Å². The molecule has 1 aromatic heterocycles. The van der Waals surface area contributed by atoms with Crippen molar-refractivity contribution in [3.8, 4) is 5.69 Å².